The highest BCUT2D eigenvalue weighted by Crippen LogP contribution is 2.30. The van der Waals surface area contributed by atoms with Crippen LogP contribution in [0.4, 0.5) is 16.2 Å². The Labute approximate surface area is 132 Å². The first-order valence-corrected chi connectivity index (χ1v) is 8.10. The Morgan fingerprint density at radius 1 is 1.41 bits per heavy atom. The van der Waals surface area contributed by atoms with Crippen molar-refractivity contribution in [1.82, 2.24) is 5.32 Å². The Balaban J connectivity index is 1.87. The van der Waals surface area contributed by atoms with Crippen molar-refractivity contribution >= 4 is 17.4 Å². The van der Waals surface area contributed by atoms with Gasteiger partial charge >= 0.3 is 6.03 Å². The second-order valence-corrected chi connectivity index (χ2v) is 6.20. The number of likely N-dealkylation sites (N-methyl/N-ethyl adjacent to an activating group) is 1. The minimum absolute atomic E-state index is 0.196. The highest BCUT2D eigenvalue weighted by atomic mass is 16.3. The molecule has 1 aromatic rings. The number of aliphatic hydroxyl groups excluding tert-OH is 1. The molecule has 2 rings (SSSR count). The first-order chi connectivity index (χ1) is 10.5. The molecule has 22 heavy (non-hydrogen) atoms. The van der Waals surface area contributed by atoms with Crippen LogP contribution in [0.3, 0.4) is 0 Å². The summed E-state index contributed by atoms with van der Waals surface area (Å²) in [7, 11) is 0. The van der Waals surface area contributed by atoms with Gasteiger partial charge in [0.25, 0.3) is 0 Å². The molecule has 3 N–H and O–H groups in total. The maximum absolute atomic E-state index is 12.0. The molecule has 0 saturated carbocycles. The van der Waals surface area contributed by atoms with Crippen molar-refractivity contribution in [2.75, 3.05) is 29.9 Å². The van der Waals surface area contributed by atoms with Gasteiger partial charge in [-0.2, -0.15) is 0 Å². The second kappa shape index (κ2) is 7.49. The quantitative estimate of drug-likeness (QED) is 0.757. The molecule has 5 nitrogen and oxygen atoms in total. The molecule has 1 aliphatic rings. The van der Waals surface area contributed by atoms with Crippen molar-refractivity contribution < 1.29 is 9.90 Å². The maximum atomic E-state index is 12.0. The Kier molecular flexibility index (Phi) is 5.66. The van der Waals surface area contributed by atoms with Crippen molar-refractivity contribution in [3.05, 3.63) is 23.8 Å². The summed E-state index contributed by atoms with van der Waals surface area (Å²) in [6, 6.07) is 5.90. The van der Waals surface area contributed by atoms with Gasteiger partial charge in [-0.05, 0) is 50.3 Å². The van der Waals surface area contributed by atoms with Gasteiger partial charge in [0.2, 0.25) is 0 Å². The predicted molar refractivity (Wildman–Crippen MR) is 90.5 cm³/mol. The maximum Gasteiger partial charge on any atom is 0.319 e. The molecule has 2 amide bonds. The number of nitrogens with one attached hydrogen (secondary N) is 2. The minimum Gasteiger partial charge on any atom is -0.393 e. The highest BCUT2D eigenvalue weighted by molar-refractivity contribution is 5.90. The number of rotatable bonds is 6. The van der Waals surface area contributed by atoms with Crippen LogP contribution in [-0.4, -0.2) is 36.9 Å². The number of amides is 2. The molecule has 0 radical (unpaired) electrons. The van der Waals surface area contributed by atoms with E-state index in [2.05, 4.69) is 28.5 Å². The fourth-order valence-corrected chi connectivity index (χ4v) is 2.96. The van der Waals surface area contributed by atoms with Gasteiger partial charge in [-0.3, -0.25) is 0 Å². The zero-order valence-corrected chi connectivity index (χ0v) is 13.7. The summed E-state index contributed by atoms with van der Waals surface area (Å²) < 4.78 is 0. The molecule has 0 bridgehead atoms. The average molecular weight is 305 g/mol. The van der Waals surface area contributed by atoms with Gasteiger partial charge in [0, 0.05) is 31.0 Å². The summed E-state index contributed by atoms with van der Waals surface area (Å²) in [5.41, 5.74) is 3.39. The number of carbonyl (C=O) groups excluding carboxylic acids is 1. The van der Waals surface area contributed by atoms with Crippen LogP contribution >= 0.6 is 0 Å². The smallest absolute Gasteiger partial charge is 0.319 e. The summed E-state index contributed by atoms with van der Waals surface area (Å²) in [4.78, 5) is 14.3. The molecule has 1 aromatic carbocycles. The van der Waals surface area contributed by atoms with Crippen molar-refractivity contribution in [1.29, 1.82) is 0 Å². The number of hydrogen-bond acceptors (Lipinski definition) is 3. The zero-order valence-electron chi connectivity index (χ0n) is 13.7. The van der Waals surface area contributed by atoms with Crippen molar-refractivity contribution in [2.24, 2.45) is 5.92 Å². The summed E-state index contributed by atoms with van der Waals surface area (Å²) in [5.74, 6) is 0.251. The number of anilines is 2. The molecular weight excluding hydrogens is 278 g/mol. The van der Waals surface area contributed by atoms with Crippen molar-refractivity contribution in [2.45, 2.75) is 39.7 Å². The largest absolute Gasteiger partial charge is 0.393 e. The molecule has 0 saturated heterocycles. The van der Waals surface area contributed by atoms with E-state index in [1.807, 2.05) is 19.1 Å². The number of urea groups is 1. The van der Waals surface area contributed by atoms with Crippen LogP contribution in [-0.2, 0) is 6.42 Å². The molecule has 0 unspecified atom stereocenters. The number of aliphatic hydroxyl groups is 1. The Hall–Kier alpha value is -1.75. The van der Waals surface area contributed by atoms with E-state index in [-0.39, 0.29) is 18.1 Å². The minimum atomic E-state index is -0.336. The summed E-state index contributed by atoms with van der Waals surface area (Å²) in [6.07, 6.45) is 1.42. The first-order valence-electron chi connectivity index (χ1n) is 8.10. The second-order valence-electron chi connectivity index (χ2n) is 6.20. The number of nitrogens with zero attached hydrogens (tertiary/aromatic N) is 1. The molecular formula is C17H27N3O2. The van der Waals surface area contributed by atoms with Crippen LogP contribution in [0.2, 0.25) is 0 Å². The number of hydrogen-bond donors (Lipinski definition) is 3. The van der Waals surface area contributed by atoms with Crippen LogP contribution in [0.5, 0.6) is 0 Å². The zero-order chi connectivity index (χ0) is 16.1. The van der Waals surface area contributed by atoms with Gasteiger partial charge in [0.05, 0.1) is 6.10 Å². The van der Waals surface area contributed by atoms with Gasteiger partial charge in [0.15, 0.2) is 0 Å². The van der Waals surface area contributed by atoms with Crippen LogP contribution < -0.4 is 15.5 Å². The topological polar surface area (TPSA) is 64.6 Å². The van der Waals surface area contributed by atoms with Gasteiger partial charge in [-0.25, -0.2) is 4.79 Å². The summed E-state index contributed by atoms with van der Waals surface area (Å²) in [6.45, 7) is 8.52. The monoisotopic (exact) mass is 305 g/mol. The molecule has 1 heterocycles. The fraction of sp³-hybridized carbons (Fsp3) is 0.588. The lowest BCUT2D eigenvalue weighted by atomic mass is 10.1. The molecule has 1 aliphatic heterocycles. The van der Waals surface area contributed by atoms with Gasteiger partial charge in [-0.1, -0.05) is 13.0 Å². The molecule has 122 valence electrons. The predicted octanol–water partition coefficient (Wildman–Crippen LogP) is 2.60. The molecule has 2 atom stereocenters. The number of carbonyl (C=O) groups is 1. The summed E-state index contributed by atoms with van der Waals surface area (Å²) >= 11 is 0. The third-order valence-corrected chi connectivity index (χ3v) is 4.07. The van der Waals surface area contributed by atoms with E-state index in [4.69, 9.17) is 0 Å². The molecule has 5 heteroatoms. The van der Waals surface area contributed by atoms with E-state index < -0.39 is 0 Å². The third kappa shape index (κ3) is 4.37. The Bertz CT molecular complexity index is 517. The molecule has 0 aliphatic carbocycles. The molecule has 0 aromatic heterocycles. The average Bonchev–Trinajstić information content (AvgIpc) is 2.86. The van der Waals surface area contributed by atoms with E-state index >= 15 is 0 Å². The van der Waals surface area contributed by atoms with E-state index in [0.717, 1.165) is 25.2 Å². The molecule has 0 fully saturated rings. The van der Waals surface area contributed by atoms with Crippen LogP contribution in [0.25, 0.3) is 0 Å². The number of benzene rings is 1. The lowest BCUT2D eigenvalue weighted by Crippen LogP contribution is -2.33. The van der Waals surface area contributed by atoms with Gasteiger partial charge in [-0.15, -0.1) is 0 Å². The molecule has 0 spiro atoms. The number of fused-ring (bicyclic) bond motifs is 1. The SMILES string of the molecule is CCN1CCc2ccc(NC(=O)NC[C@H](C)C[C@@H](C)O)cc21. The van der Waals surface area contributed by atoms with Crippen molar-refractivity contribution in [3.8, 4) is 0 Å². The van der Waals surface area contributed by atoms with Gasteiger partial charge < -0.3 is 20.6 Å². The fourth-order valence-electron chi connectivity index (χ4n) is 2.96. The highest BCUT2D eigenvalue weighted by Gasteiger charge is 2.18. The standard InChI is InChI=1S/C17H27N3O2/c1-4-20-8-7-14-5-6-15(10-16(14)20)19-17(22)18-11-12(2)9-13(3)21/h5-6,10,12-13,21H,4,7-9,11H2,1-3H3,(H2,18,19,22)/t12-,13-/m1/s1. The third-order valence-electron chi connectivity index (χ3n) is 4.07. The van der Waals surface area contributed by atoms with E-state index in [1.165, 1.54) is 11.3 Å². The van der Waals surface area contributed by atoms with Crippen LogP contribution in [0.1, 0.15) is 32.8 Å². The van der Waals surface area contributed by atoms with E-state index in [1.54, 1.807) is 6.92 Å². The lowest BCUT2D eigenvalue weighted by molar-refractivity contribution is 0.163. The Morgan fingerprint density at radius 3 is 2.86 bits per heavy atom. The van der Waals surface area contributed by atoms with Crippen LogP contribution in [0, 0.1) is 5.92 Å². The van der Waals surface area contributed by atoms with E-state index in [9.17, 15) is 9.90 Å². The normalized spacial score (nSPS) is 16.1. The Morgan fingerprint density at radius 2 is 2.18 bits per heavy atom. The lowest BCUT2D eigenvalue weighted by Gasteiger charge is -2.18. The summed E-state index contributed by atoms with van der Waals surface area (Å²) in [5, 5.41) is 15.1. The first kappa shape index (κ1) is 16.6. The van der Waals surface area contributed by atoms with Crippen LogP contribution in [0.15, 0.2) is 18.2 Å². The van der Waals surface area contributed by atoms with E-state index in [0.29, 0.717) is 13.0 Å². The van der Waals surface area contributed by atoms with Crippen molar-refractivity contribution in [3.63, 3.8) is 0 Å². The van der Waals surface area contributed by atoms with Gasteiger partial charge in [0.1, 0.15) is 0 Å².